The van der Waals surface area contributed by atoms with Crippen LogP contribution >= 0.6 is 0 Å². The number of carbonyl (C=O) groups excluding carboxylic acids is 1. The highest BCUT2D eigenvalue weighted by atomic mass is 16.5. The molecule has 0 radical (unpaired) electrons. The van der Waals surface area contributed by atoms with Crippen LogP contribution in [0.4, 0.5) is 0 Å². The fraction of sp³-hybridized carbons (Fsp3) is 0.409. The summed E-state index contributed by atoms with van der Waals surface area (Å²) >= 11 is 0. The first-order valence-electron chi connectivity index (χ1n) is 9.14. The van der Waals surface area contributed by atoms with Crippen molar-refractivity contribution in [2.45, 2.75) is 39.8 Å². The van der Waals surface area contributed by atoms with Crippen LogP contribution in [0.5, 0.6) is 5.75 Å². The number of piperidine rings is 1. The van der Waals surface area contributed by atoms with Crippen molar-refractivity contribution in [3.63, 3.8) is 0 Å². The van der Waals surface area contributed by atoms with E-state index in [0.29, 0.717) is 12.2 Å². The third-order valence-corrected chi connectivity index (χ3v) is 4.97. The van der Waals surface area contributed by atoms with Gasteiger partial charge in [-0.25, -0.2) is 0 Å². The molecular formula is C22H27NO2. The van der Waals surface area contributed by atoms with Gasteiger partial charge in [-0.05, 0) is 74.2 Å². The highest BCUT2D eigenvalue weighted by molar-refractivity contribution is 5.94. The molecule has 132 valence electrons. The molecular weight excluding hydrogens is 310 g/mol. The summed E-state index contributed by atoms with van der Waals surface area (Å²) < 4.78 is 5.81. The number of nitrogens with zero attached hydrogens (tertiary/aromatic N) is 1. The van der Waals surface area contributed by atoms with E-state index in [4.69, 9.17) is 4.74 Å². The van der Waals surface area contributed by atoms with Gasteiger partial charge in [0.2, 0.25) is 0 Å². The number of ketones is 1. The van der Waals surface area contributed by atoms with Crippen LogP contribution in [0.25, 0.3) is 0 Å². The van der Waals surface area contributed by atoms with Crippen molar-refractivity contribution in [2.24, 2.45) is 5.92 Å². The second-order valence-electron chi connectivity index (χ2n) is 7.14. The molecule has 0 atom stereocenters. The van der Waals surface area contributed by atoms with E-state index in [-0.39, 0.29) is 5.78 Å². The summed E-state index contributed by atoms with van der Waals surface area (Å²) in [6, 6.07) is 16.0. The monoisotopic (exact) mass is 337 g/mol. The summed E-state index contributed by atoms with van der Waals surface area (Å²) in [5.41, 5.74) is 3.24. The van der Waals surface area contributed by atoms with Gasteiger partial charge in [-0.1, -0.05) is 31.2 Å². The quantitative estimate of drug-likeness (QED) is 0.716. The molecule has 1 aliphatic heterocycles. The van der Waals surface area contributed by atoms with Crippen LogP contribution in [-0.4, -0.2) is 23.8 Å². The molecule has 0 saturated carbocycles. The minimum atomic E-state index is 0.0744. The van der Waals surface area contributed by atoms with E-state index in [9.17, 15) is 4.79 Å². The molecule has 0 N–H and O–H groups in total. The lowest BCUT2D eigenvalue weighted by Crippen LogP contribution is -2.32. The summed E-state index contributed by atoms with van der Waals surface area (Å²) in [5, 5.41) is 0. The van der Waals surface area contributed by atoms with Crippen molar-refractivity contribution in [3.8, 4) is 5.75 Å². The van der Waals surface area contributed by atoms with Gasteiger partial charge in [0.15, 0.2) is 5.78 Å². The lowest BCUT2D eigenvalue weighted by molar-refractivity contribution is 0.101. The topological polar surface area (TPSA) is 29.5 Å². The largest absolute Gasteiger partial charge is 0.489 e. The van der Waals surface area contributed by atoms with Crippen molar-refractivity contribution >= 4 is 5.78 Å². The Kier molecular flexibility index (Phi) is 5.87. The van der Waals surface area contributed by atoms with E-state index >= 15 is 0 Å². The van der Waals surface area contributed by atoms with E-state index < -0.39 is 0 Å². The fourth-order valence-corrected chi connectivity index (χ4v) is 3.17. The van der Waals surface area contributed by atoms with Crippen molar-refractivity contribution in [1.82, 2.24) is 4.90 Å². The average molecular weight is 337 g/mol. The molecule has 0 spiro atoms. The van der Waals surface area contributed by atoms with E-state index in [2.05, 4.69) is 36.1 Å². The predicted molar refractivity (Wildman–Crippen MR) is 101 cm³/mol. The second-order valence-corrected chi connectivity index (χ2v) is 7.14. The van der Waals surface area contributed by atoms with Crippen LogP contribution in [0, 0.1) is 5.92 Å². The Morgan fingerprint density at radius 3 is 2.20 bits per heavy atom. The van der Waals surface area contributed by atoms with Crippen LogP contribution in [0.2, 0.25) is 0 Å². The number of hydrogen-bond donors (Lipinski definition) is 0. The van der Waals surface area contributed by atoms with E-state index in [0.717, 1.165) is 23.8 Å². The van der Waals surface area contributed by atoms with Gasteiger partial charge in [0.1, 0.15) is 12.4 Å². The summed E-state index contributed by atoms with van der Waals surface area (Å²) in [6.07, 6.45) is 2.63. The average Bonchev–Trinajstić information content (AvgIpc) is 2.63. The molecule has 3 heteroatoms. The second kappa shape index (κ2) is 8.30. The van der Waals surface area contributed by atoms with Crippen LogP contribution in [0.15, 0.2) is 48.5 Å². The Morgan fingerprint density at radius 2 is 1.60 bits per heavy atom. The van der Waals surface area contributed by atoms with Crippen molar-refractivity contribution in [3.05, 3.63) is 65.2 Å². The maximum Gasteiger partial charge on any atom is 0.159 e. The molecule has 2 aromatic rings. The molecule has 0 amide bonds. The number of benzene rings is 2. The number of rotatable bonds is 6. The highest BCUT2D eigenvalue weighted by Crippen LogP contribution is 2.19. The first-order valence-corrected chi connectivity index (χ1v) is 9.14. The lowest BCUT2D eigenvalue weighted by Gasteiger charge is -2.30. The van der Waals surface area contributed by atoms with Crippen molar-refractivity contribution in [2.75, 3.05) is 13.1 Å². The molecule has 3 rings (SSSR count). The summed E-state index contributed by atoms with van der Waals surface area (Å²) in [4.78, 5) is 13.8. The number of likely N-dealkylation sites (tertiary alicyclic amines) is 1. The number of Topliss-reactive ketones (excluding diaryl/α,β-unsaturated/α-hetero) is 1. The lowest BCUT2D eigenvalue weighted by atomic mass is 9.99. The Balaban J connectivity index is 1.49. The Hall–Kier alpha value is -2.13. The maximum atomic E-state index is 11.3. The van der Waals surface area contributed by atoms with Crippen LogP contribution in [-0.2, 0) is 13.2 Å². The smallest absolute Gasteiger partial charge is 0.159 e. The minimum Gasteiger partial charge on any atom is -0.489 e. The Morgan fingerprint density at radius 1 is 1.00 bits per heavy atom. The molecule has 25 heavy (non-hydrogen) atoms. The predicted octanol–water partition coefficient (Wildman–Crippen LogP) is 4.70. The molecule has 0 aliphatic carbocycles. The van der Waals surface area contributed by atoms with Crippen molar-refractivity contribution < 1.29 is 9.53 Å². The van der Waals surface area contributed by atoms with Gasteiger partial charge in [-0.15, -0.1) is 0 Å². The minimum absolute atomic E-state index is 0.0744. The van der Waals surface area contributed by atoms with Crippen LogP contribution in [0.3, 0.4) is 0 Å². The van der Waals surface area contributed by atoms with Gasteiger partial charge in [0.05, 0.1) is 0 Å². The molecule has 1 heterocycles. The molecule has 1 saturated heterocycles. The van der Waals surface area contributed by atoms with Gasteiger partial charge in [0.25, 0.3) is 0 Å². The van der Waals surface area contributed by atoms with E-state index in [1.165, 1.54) is 31.5 Å². The van der Waals surface area contributed by atoms with Gasteiger partial charge in [-0.2, -0.15) is 0 Å². The number of hydrogen-bond acceptors (Lipinski definition) is 3. The SMILES string of the molecule is CC(=O)c1ccc(OCc2ccc(CN3CCC(C)CC3)cc2)cc1. The van der Waals surface area contributed by atoms with Gasteiger partial charge >= 0.3 is 0 Å². The molecule has 0 bridgehead atoms. The molecule has 1 fully saturated rings. The molecule has 0 unspecified atom stereocenters. The Bertz CT molecular complexity index is 683. The first kappa shape index (κ1) is 17.7. The number of ether oxygens (including phenoxy) is 1. The van der Waals surface area contributed by atoms with Gasteiger partial charge < -0.3 is 4.74 Å². The maximum absolute atomic E-state index is 11.3. The molecule has 2 aromatic carbocycles. The normalized spacial score (nSPS) is 15.9. The molecule has 3 nitrogen and oxygen atoms in total. The highest BCUT2D eigenvalue weighted by Gasteiger charge is 2.15. The molecule has 0 aromatic heterocycles. The standard InChI is InChI=1S/C22H27NO2/c1-17-11-13-23(14-12-17)15-19-3-5-20(6-4-19)16-25-22-9-7-21(8-10-22)18(2)24/h3-10,17H,11-16H2,1-2H3. The summed E-state index contributed by atoms with van der Waals surface area (Å²) in [6.45, 7) is 7.92. The van der Waals surface area contributed by atoms with E-state index in [1.54, 1.807) is 19.1 Å². The van der Waals surface area contributed by atoms with Crippen molar-refractivity contribution in [1.29, 1.82) is 0 Å². The third kappa shape index (κ3) is 5.17. The zero-order valence-electron chi connectivity index (χ0n) is 15.2. The van der Waals surface area contributed by atoms with Crippen LogP contribution in [0.1, 0.15) is 48.2 Å². The fourth-order valence-electron chi connectivity index (χ4n) is 3.17. The zero-order valence-corrected chi connectivity index (χ0v) is 15.2. The third-order valence-electron chi connectivity index (χ3n) is 4.97. The molecule has 1 aliphatic rings. The number of carbonyl (C=O) groups is 1. The van der Waals surface area contributed by atoms with E-state index in [1.807, 2.05) is 12.1 Å². The summed E-state index contributed by atoms with van der Waals surface area (Å²) in [7, 11) is 0. The van der Waals surface area contributed by atoms with Crippen LogP contribution < -0.4 is 4.74 Å². The summed E-state index contributed by atoms with van der Waals surface area (Å²) in [5.74, 6) is 1.74. The first-order chi connectivity index (χ1) is 12.1. The zero-order chi connectivity index (χ0) is 17.6. The van der Waals surface area contributed by atoms with Gasteiger partial charge in [0, 0.05) is 12.1 Å². The van der Waals surface area contributed by atoms with Gasteiger partial charge in [-0.3, -0.25) is 9.69 Å². The Labute approximate surface area is 150 Å².